The average Bonchev–Trinajstić information content (AvgIpc) is 3.55. The lowest BCUT2D eigenvalue weighted by Crippen LogP contribution is -2.28. The largest absolute Gasteiger partial charge is 0.481 e. The fourth-order valence-electron chi connectivity index (χ4n) is 5.63. The van der Waals surface area contributed by atoms with Crippen LogP contribution in [0.15, 0.2) is 97.1 Å². The standard InChI is InChI=1S/C18H17NO4.C15H11ClO2.C3H7NO2/c20-17(21)9-10-19-18(22)23-11-16-14-7-3-1-5-12(14)13-6-2-4-8-15(13)16;16-15(17)18-9-14-12-7-3-1-5-10(12)11-6-2-4-8-13(11)14;4-2-1-3(5)6/h1-8,16H,9-11H2,(H,19,22)(H,20,21);1-8,14H,9H2;1-2,4H2,(H,5,6). The summed E-state index contributed by atoms with van der Waals surface area (Å²) in [5, 5.41) is 18.8. The van der Waals surface area contributed by atoms with Crippen LogP contribution in [0, 0.1) is 0 Å². The molecule has 5 N–H and O–H groups in total. The van der Waals surface area contributed by atoms with Crippen LogP contribution in [0.4, 0.5) is 9.59 Å². The summed E-state index contributed by atoms with van der Waals surface area (Å²) < 4.78 is 10.2. The molecule has 0 spiro atoms. The molecule has 0 radical (unpaired) electrons. The normalized spacial score (nSPS) is 12.0. The van der Waals surface area contributed by atoms with Crippen molar-refractivity contribution in [2.75, 3.05) is 26.3 Å². The SMILES string of the molecule is NCCC(=O)O.O=C(Cl)OCC1c2ccccc2-c2ccccc21.O=C(O)CCNC(=O)OCC1c2ccccc2-c2ccccc21. The minimum atomic E-state index is -0.955. The van der Waals surface area contributed by atoms with E-state index < -0.39 is 23.5 Å². The van der Waals surface area contributed by atoms with E-state index in [1.165, 1.54) is 33.4 Å². The maximum Gasteiger partial charge on any atom is 0.407 e. The molecule has 0 atom stereocenters. The first-order valence-electron chi connectivity index (χ1n) is 14.9. The molecule has 0 saturated carbocycles. The minimum Gasteiger partial charge on any atom is -0.481 e. The molecular weight excluding hydrogens is 624 g/mol. The lowest BCUT2D eigenvalue weighted by molar-refractivity contribution is -0.137. The predicted molar refractivity (Wildman–Crippen MR) is 178 cm³/mol. The lowest BCUT2D eigenvalue weighted by atomic mass is 9.98. The van der Waals surface area contributed by atoms with E-state index in [1.54, 1.807) is 0 Å². The number of rotatable bonds is 9. The fraction of sp³-hybridized carbons (Fsp3) is 0.222. The number of carboxylic acids is 2. The number of carbonyl (C=O) groups excluding carboxylic acids is 2. The van der Waals surface area contributed by atoms with Crippen LogP contribution in [-0.2, 0) is 19.1 Å². The summed E-state index contributed by atoms with van der Waals surface area (Å²) in [6, 6.07) is 32.6. The molecule has 10 nitrogen and oxygen atoms in total. The van der Waals surface area contributed by atoms with Gasteiger partial charge in [-0.1, -0.05) is 97.1 Å². The summed E-state index contributed by atoms with van der Waals surface area (Å²) >= 11 is 5.25. The summed E-state index contributed by atoms with van der Waals surface area (Å²) in [4.78, 5) is 42.4. The topological polar surface area (TPSA) is 165 Å². The van der Waals surface area contributed by atoms with Crippen molar-refractivity contribution >= 4 is 35.1 Å². The fourth-order valence-corrected chi connectivity index (χ4v) is 5.70. The van der Waals surface area contributed by atoms with Gasteiger partial charge in [0.1, 0.15) is 13.2 Å². The third kappa shape index (κ3) is 9.18. The number of nitrogens with two attached hydrogens (primary N) is 1. The van der Waals surface area contributed by atoms with Gasteiger partial charge in [-0.05, 0) is 44.5 Å². The van der Waals surface area contributed by atoms with Gasteiger partial charge in [-0.3, -0.25) is 9.59 Å². The monoisotopic (exact) mass is 658 g/mol. The molecule has 2 aliphatic carbocycles. The zero-order chi connectivity index (χ0) is 33.8. The van der Waals surface area contributed by atoms with Gasteiger partial charge in [0.25, 0.3) is 0 Å². The number of aliphatic carboxylic acids is 2. The van der Waals surface area contributed by atoms with E-state index in [-0.39, 0.29) is 51.0 Å². The molecule has 0 saturated heterocycles. The summed E-state index contributed by atoms with van der Waals surface area (Å²) in [5.74, 6) is -1.70. The smallest absolute Gasteiger partial charge is 0.407 e. The van der Waals surface area contributed by atoms with Crippen LogP contribution < -0.4 is 11.1 Å². The van der Waals surface area contributed by atoms with E-state index in [9.17, 15) is 19.2 Å². The van der Waals surface area contributed by atoms with Gasteiger partial charge >= 0.3 is 23.5 Å². The molecule has 244 valence electrons. The summed E-state index contributed by atoms with van der Waals surface area (Å²) in [7, 11) is 0. The van der Waals surface area contributed by atoms with Crippen molar-refractivity contribution in [2.45, 2.75) is 24.7 Å². The first-order chi connectivity index (χ1) is 22.7. The highest BCUT2D eigenvalue weighted by Crippen LogP contribution is 2.45. The highest BCUT2D eigenvalue weighted by Gasteiger charge is 2.30. The molecule has 6 rings (SSSR count). The number of halogens is 1. The molecule has 0 bridgehead atoms. The third-order valence-corrected chi connectivity index (χ3v) is 7.75. The van der Waals surface area contributed by atoms with Crippen LogP contribution in [-0.4, -0.2) is 60.0 Å². The van der Waals surface area contributed by atoms with E-state index in [0.717, 1.165) is 11.1 Å². The number of alkyl carbamates (subject to hydrolysis) is 1. The van der Waals surface area contributed by atoms with Gasteiger partial charge in [0.2, 0.25) is 0 Å². The second-order valence-electron chi connectivity index (χ2n) is 10.6. The Kier molecular flexibility index (Phi) is 12.5. The Morgan fingerprint density at radius 3 is 1.30 bits per heavy atom. The van der Waals surface area contributed by atoms with E-state index in [1.807, 2.05) is 60.7 Å². The number of carboxylic acid groups (broad SMARTS) is 2. The highest BCUT2D eigenvalue weighted by molar-refractivity contribution is 6.61. The molecule has 0 fully saturated rings. The average molecular weight is 659 g/mol. The van der Waals surface area contributed by atoms with E-state index in [0.29, 0.717) is 0 Å². The molecule has 4 aromatic rings. The highest BCUT2D eigenvalue weighted by atomic mass is 35.5. The molecule has 47 heavy (non-hydrogen) atoms. The summed E-state index contributed by atoms with van der Waals surface area (Å²) in [6.07, 6.45) is -0.641. The first kappa shape index (κ1) is 34.7. The number of amides is 1. The molecule has 11 heteroatoms. The molecule has 2 aliphatic rings. The zero-order valence-electron chi connectivity index (χ0n) is 25.4. The van der Waals surface area contributed by atoms with Crippen LogP contribution in [0.3, 0.4) is 0 Å². The zero-order valence-corrected chi connectivity index (χ0v) is 26.2. The number of hydrogen-bond acceptors (Lipinski definition) is 7. The van der Waals surface area contributed by atoms with Crippen molar-refractivity contribution in [2.24, 2.45) is 5.73 Å². The van der Waals surface area contributed by atoms with Crippen LogP contribution in [0.25, 0.3) is 22.3 Å². The van der Waals surface area contributed by atoms with Crippen molar-refractivity contribution in [1.29, 1.82) is 0 Å². The first-order valence-corrected chi connectivity index (χ1v) is 15.3. The number of hydrogen-bond donors (Lipinski definition) is 4. The summed E-state index contributed by atoms with van der Waals surface area (Å²) in [5.41, 5.74) is 13.5. The van der Waals surface area contributed by atoms with Gasteiger partial charge in [0.05, 0.1) is 12.8 Å². The van der Waals surface area contributed by atoms with Gasteiger partial charge < -0.3 is 30.7 Å². The molecule has 0 heterocycles. The number of nitrogens with one attached hydrogen (secondary N) is 1. The maximum atomic E-state index is 11.7. The van der Waals surface area contributed by atoms with Crippen molar-refractivity contribution in [1.82, 2.24) is 5.32 Å². The maximum absolute atomic E-state index is 11.7. The van der Waals surface area contributed by atoms with Crippen LogP contribution in [0.2, 0.25) is 0 Å². The second-order valence-corrected chi connectivity index (χ2v) is 10.9. The van der Waals surface area contributed by atoms with Crippen molar-refractivity contribution in [3.63, 3.8) is 0 Å². The van der Waals surface area contributed by atoms with Gasteiger partial charge in [-0.15, -0.1) is 0 Å². The van der Waals surface area contributed by atoms with Gasteiger partial charge in [-0.25, -0.2) is 9.59 Å². The Bertz CT molecular complexity index is 1640. The Balaban J connectivity index is 0.000000185. The van der Waals surface area contributed by atoms with E-state index in [2.05, 4.69) is 41.7 Å². The predicted octanol–water partition coefficient (Wildman–Crippen LogP) is 6.59. The molecule has 1 amide bonds. The van der Waals surface area contributed by atoms with E-state index in [4.69, 9.17) is 37.0 Å². The number of benzene rings is 4. The van der Waals surface area contributed by atoms with Crippen molar-refractivity contribution in [3.8, 4) is 22.3 Å². The Hall–Kier alpha value is -5.19. The number of fused-ring (bicyclic) bond motifs is 6. The Morgan fingerprint density at radius 2 is 0.979 bits per heavy atom. The van der Waals surface area contributed by atoms with Crippen LogP contribution >= 0.6 is 11.6 Å². The minimum absolute atomic E-state index is 0.00706. The van der Waals surface area contributed by atoms with Crippen molar-refractivity contribution in [3.05, 3.63) is 119 Å². The summed E-state index contributed by atoms with van der Waals surface area (Å²) in [6.45, 7) is 0.810. The molecule has 0 aromatic heterocycles. The van der Waals surface area contributed by atoms with Gasteiger partial charge in [0, 0.05) is 36.5 Å². The number of carbonyl (C=O) groups is 4. The van der Waals surface area contributed by atoms with E-state index >= 15 is 0 Å². The second kappa shape index (κ2) is 16.9. The van der Waals surface area contributed by atoms with Gasteiger partial charge in [-0.2, -0.15) is 0 Å². The Labute approximate surface area is 277 Å². The third-order valence-electron chi connectivity index (χ3n) is 7.64. The van der Waals surface area contributed by atoms with Gasteiger partial charge in [0.15, 0.2) is 0 Å². The van der Waals surface area contributed by atoms with Crippen LogP contribution in [0.5, 0.6) is 0 Å². The molecule has 4 aromatic carbocycles. The van der Waals surface area contributed by atoms with Crippen LogP contribution in [0.1, 0.15) is 46.9 Å². The number of ether oxygens (including phenoxy) is 2. The molecular formula is C36H35ClN2O8. The van der Waals surface area contributed by atoms with Crippen molar-refractivity contribution < 1.29 is 38.9 Å². The quantitative estimate of drug-likeness (QED) is 0.145. The molecule has 0 unspecified atom stereocenters. The lowest BCUT2D eigenvalue weighted by Gasteiger charge is -2.14. The molecule has 0 aliphatic heterocycles. The Morgan fingerprint density at radius 1 is 0.617 bits per heavy atom.